The molecule has 0 nitrogen and oxygen atoms in total. The molecule has 0 saturated heterocycles. The molecule has 0 fully saturated rings. The molecule has 0 radical (unpaired) electrons. The Hall–Kier alpha value is 3.12. The van der Waals surface area contributed by atoms with Gasteiger partial charge in [0.05, 0.1) is 0 Å². The van der Waals surface area contributed by atoms with Gasteiger partial charge in [-0.2, -0.15) is 0 Å². The summed E-state index contributed by atoms with van der Waals surface area (Å²) >= 11 is 20.3. The second-order valence-electron chi connectivity index (χ2n) is 4.12. The first-order valence-corrected chi connectivity index (χ1v) is 33.8. The van der Waals surface area contributed by atoms with Gasteiger partial charge in [-0.3, -0.25) is 0 Å². The molecule has 1 aromatic heterocycles. The Balaban J connectivity index is 2.10. The van der Waals surface area contributed by atoms with E-state index in [-0.39, 0.29) is 0 Å². The Morgan fingerprint density at radius 3 is 1.38 bits per heavy atom. The van der Waals surface area contributed by atoms with Crippen molar-refractivity contribution < 1.29 is 0 Å². The van der Waals surface area contributed by atoms with Gasteiger partial charge in [0.25, 0.3) is 0 Å². The van der Waals surface area contributed by atoms with E-state index in [2.05, 4.69) is 115 Å². The molecule has 0 N–H and O–H groups in total. The number of allylic oxidation sites excluding steroid dienone is 4. The summed E-state index contributed by atoms with van der Waals surface area (Å²) < 4.78 is 9.67. The molecule has 114 valence electrons. The van der Waals surface area contributed by atoms with Crippen LogP contribution < -0.4 is 0 Å². The predicted octanol–water partition coefficient (Wildman–Crippen LogP) is 7.80. The molecule has 2 aliphatic rings. The van der Waals surface area contributed by atoms with E-state index in [0.717, 1.165) is 8.95 Å². The fourth-order valence-corrected chi connectivity index (χ4v) is 27.0. The van der Waals surface area contributed by atoms with Gasteiger partial charge in [-0.1, -0.05) is 0 Å². The zero-order valence-electron chi connectivity index (χ0n) is 9.96. The van der Waals surface area contributed by atoms with Crippen LogP contribution in [0.25, 0.3) is 7.24 Å². The second kappa shape index (κ2) is 7.03. The Bertz CT molecular complexity index is 681. The SMILES string of the molecule is Brc1c(C2=CC=C[Te]2(Br)Br)sc(C2=CC=C[Te]2(Br)Br)c1Br. The maximum atomic E-state index is 3.91. The van der Waals surface area contributed by atoms with Crippen molar-refractivity contribution in [2.24, 2.45) is 0 Å². The van der Waals surface area contributed by atoms with Gasteiger partial charge in [-0.05, 0) is 0 Å². The standard InChI is InChI=1S/C12H6Br6STe2/c13-9-10(14)12(8-4-2-6-21(8,17)18)19-11(9)7-3-1-5-20(7,15)16/h1-6H. The first-order chi connectivity index (χ1) is 9.74. The van der Waals surface area contributed by atoms with Crippen LogP contribution in [0.5, 0.6) is 0 Å². The van der Waals surface area contributed by atoms with Crippen molar-refractivity contribution in [1.82, 2.24) is 0 Å². The van der Waals surface area contributed by atoms with Crippen molar-refractivity contribution in [3.8, 4) is 0 Å². The molecule has 3 rings (SSSR count). The molecule has 9 heteroatoms. The molecule has 0 spiro atoms. The molecular weight excluding hydrogens is 911 g/mol. The Morgan fingerprint density at radius 1 is 0.714 bits per heavy atom. The van der Waals surface area contributed by atoms with E-state index < -0.39 is 27.5 Å². The van der Waals surface area contributed by atoms with E-state index in [1.54, 1.807) is 0 Å². The van der Waals surface area contributed by atoms with Gasteiger partial charge in [0.1, 0.15) is 0 Å². The maximum absolute atomic E-state index is 3.91. The van der Waals surface area contributed by atoms with E-state index in [4.69, 9.17) is 0 Å². The van der Waals surface area contributed by atoms with Crippen molar-refractivity contribution in [1.29, 1.82) is 0 Å². The Labute approximate surface area is 176 Å². The number of halogens is 6. The molecule has 0 amide bonds. The van der Waals surface area contributed by atoms with Crippen LogP contribution in [0.2, 0.25) is 0 Å². The molecule has 21 heavy (non-hydrogen) atoms. The molecule has 0 bridgehead atoms. The number of rotatable bonds is 2. The molecule has 0 aliphatic carbocycles. The van der Waals surface area contributed by atoms with Crippen LogP contribution in [0.1, 0.15) is 9.75 Å². The van der Waals surface area contributed by atoms with E-state index in [1.165, 1.54) is 17.0 Å². The molecule has 0 atom stereocenters. The Kier molecular flexibility index (Phi) is 6.32. The van der Waals surface area contributed by atoms with Crippen LogP contribution >= 0.6 is 94.2 Å². The van der Waals surface area contributed by atoms with Crippen molar-refractivity contribution in [3.05, 3.63) is 51.3 Å². The number of hydrogen-bond acceptors (Lipinski definition) is 1. The zero-order valence-corrected chi connectivity index (χ0v) is 24.9. The fourth-order valence-electron chi connectivity index (χ4n) is 1.89. The van der Waals surface area contributed by atoms with Crippen LogP contribution in [0.15, 0.2) is 41.5 Å². The summed E-state index contributed by atoms with van der Waals surface area (Å²) in [5, 5.41) is 0. The van der Waals surface area contributed by atoms with Gasteiger partial charge >= 0.3 is 180 Å². The number of thiophene rings is 1. The third-order valence-corrected chi connectivity index (χ3v) is 30.8. The summed E-state index contributed by atoms with van der Waals surface area (Å²) in [7, 11) is 0. The molecule has 2 aliphatic heterocycles. The first kappa shape index (κ1) is 18.9. The monoisotopic (exact) mass is 915 g/mol. The normalized spacial score (nSPS) is 24.9. The minimum absolute atomic E-state index is 1.15. The topological polar surface area (TPSA) is 0 Å². The summed E-state index contributed by atoms with van der Waals surface area (Å²) in [6.07, 6.45) is 8.73. The predicted molar refractivity (Wildman–Crippen MR) is 121 cm³/mol. The molecular formula is C12H6Br6STe2. The van der Waals surface area contributed by atoms with E-state index in [0.29, 0.717) is 0 Å². The van der Waals surface area contributed by atoms with E-state index >= 15 is 0 Å². The third kappa shape index (κ3) is 3.65. The van der Waals surface area contributed by atoms with Crippen LogP contribution in [0, 0.1) is 0 Å². The van der Waals surface area contributed by atoms with E-state index in [9.17, 15) is 0 Å². The molecule has 0 aromatic carbocycles. The summed E-state index contributed by atoms with van der Waals surface area (Å²) in [4.78, 5) is 2.62. The van der Waals surface area contributed by atoms with Gasteiger partial charge in [0.2, 0.25) is 0 Å². The fraction of sp³-hybridized carbons (Fsp3) is 0. The molecule has 0 unspecified atom stereocenters. The van der Waals surface area contributed by atoms with Crippen molar-refractivity contribution in [3.63, 3.8) is 0 Å². The van der Waals surface area contributed by atoms with Crippen molar-refractivity contribution >= 4 is 129 Å². The molecule has 1 aromatic rings. The third-order valence-electron chi connectivity index (χ3n) is 2.82. The van der Waals surface area contributed by atoms with Gasteiger partial charge in [0.15, 0.2) is 0 Å². The summed E-state index contributed by atoms with van der Waals surface area (Å²) in [5.41, 5.74) is 0. The van der Waals surface area contributed by atoms with Gasteiger partial charge < -0.3 is 0 Å². The van der Waals surface area contributed by atoms with Gasteiger partial charge in [-0.15, -0.1) is 0 Å². The van der Waals surface area contributed by atoms with Crippen LogP contribution in [-0.2, 0) is 0 Å². The molecule has 0 saturated carbocycles. The summed E-state index contributed by atoms with van der Waals surface area (Å²) in [5.74, 6) is 0. The van der Waals surface area contributed by atoms with Crippen LogP contribution in [0.4, 0.5) is 0 Å². The average Bonchev–Trinajstić information content (AvgIpc) is 2.99. The van der Waals surface area contributed by atoms with Gasteiger partial charge in [0, 0.05) is 0 Å². The van der Waals surface area contributed by atoms with Crippen LogP contribution in [-0.4, -0.2) is 27.5 Å². The average molecular weight is 917 g/mol. The zero-order chi connectivity index (χ0) is 15.4. The first-order valence-electron chi connectivity index (χ1n) is 5.44. The number of hydrogen-bond donors (Lipinski definition) is 0. The van der Waals surface area contributed by atoms with Crippen molar-refractivity contribution in [2.75, 3.05) is 0 Å². The summed E-state index contributed by atoms with van der Waals surface area (Å²) in [6, 6.07) is 0. The molecule has 3 heterocycles. The quantitative estimate of drug-likeness (QED) is 0.266. The van der Waals surface area contributed by atoms with E-state index in [1.807, 2.05) is 11.3 Å². The minimum atomic E-state index is -2.36. The van der Waals surface area contributed by atoms with Gasteiger partial charge in [-0.25, -0.2) is 0 Å². The Morgan fingerprint density at radius 2 is 1.10 bits per heavy atom. The summed E-state index contributed by atoms with van der Waals surface area (Å²) in [6.45, 7) is 0. The second-order valence-corrected chi connectivity index (χ2v) is 55.7. The van der Waals surface area contributed by atoms with Crippen molar-refractivity contribution in [2.45, 2.75) is 0 Å². The van der Waals surface area contributed by atoms with Crippen LogP contribution in [0.3, 0.4) is 0 Å².